The lowest BCUT2D eigenvalue weighted by Crippen LogP contribution is -2.29. The van der Waals surface area contributed by atoms with Gasteiger partial charge in [0.25, 0.3) is 0 Å². The van der Waals surface area contributed by atoms with E-state index in [0.29, 0.717) is 10.0 Å². The Labute approximate surface area is 130 Å². The highest BCUT2D eigenvalue weighted by atomic mass is 79.9. The molecule has 0 spiro atoms. The van der Waals surface area contributed by atoms with Crippen molar-refractivity contribution >= 4 is 54.8 Å². The van der Waals surface area contributed by atoms with Crippen molar-refractivity contribution in [3.63, 3.8) is 0 Å². The maximum absolute atomic E-state index is 14.1. The van der Waals surface area contributed by atoms with E-state index in [2.05, 4.69) is 37.3 Å². The standard InChI is InChI=1S/C11H8Br2ClFN2S/c12-7-2-1-6(10(15)9(7)14)11(17-16)5-3-8(13)18-4-5/h1-4,11,17H,16H2. The fraction of sp³-hybridized carbons (Fsp3) is 0.0909. The Hall–Kier alpha value is 0.0200. The van der Waals surface area contributed by atoms with Gasteiger partial charge in [-0.3, -0.25) is 5.84 Å². The molecule has 1 unspecified atom stereocenters. The van der Waals surface area contributed by atoms with Crippen LogP contribution in [0.2, 0.25) is 5.02 Å². The van der Waals surface area contributed by atoms with Gasteiger partial charge in [-0.2, -0.15) is 0 Å². The zero-order valence-electron chi connectivity index (χ0n) is 8.88. The molecular formula is C11H8Br2ClFN2S. The minimum absolute atomic E-state index is 0.0574. The monoisotopic (exact) mass is 412 g/mol. The molecular weight excluding hydrogens is 406 g/mol. The topological polar surface area (TPSA) is 38.0 Å². The van der Waals surface area contributed by atoms with Crippen LogP contribution in [0.15, 0.2) is 31.8 Å². The van der Waals surface area contributed by atoms with Crippen molar-refractivity contribution in [2.45, 2.75) is 6.04 Å². The van der Waals surface area contributed by atoms with Crippen LogP contribution < -0.4 is 11.3 Å². The molecule has 3 N–H and O–H groups in total. The summed E-state index contributed by atoms with van der Waals surface area (Å²) in [6, 6.07) is 4.82. The van der Waals surface area contributed by atoms with Crippen molar-refractivity contribution in [3.8, 4) is 0 Å². The Morgan fingerprint density at radius 2 is 2.11 bits per heavy atom. The van der Waals surface area contributed by atoms with Gasteiger partial charge in [-0.25, -0.2) is 9.82 Å². The molecule has 0 radical (unpaired) electrons. The second-order valence-corrected chi connectivity index (χ2v) is 7.07. The van der Waals surface area contributed by atoms with Crippen molar-refractivity contribution in [2.75, 3.05) is 0 Å². The third kappa shape index (κ3) is 2.79. The van der Waals surface area contributed by atoms with Gasteiger partial charge in [-0.15, -0.1) is 11.3 Å². The zero-order valence-corrected chi connectivity index (χ0v) is 13.6. The lowest BCUT2D eigenvalue weighted by molar-refractivity contribution is 0.560. The van der Waals surface area contributed by atoms with Gasteiger partial charge in [-0.05, 0) is 54.9 Å². The highest BCUT2D eigenvalue weighted by Crippen LogP contribution is 2.34. The summed E-state index contributed by atoms with van der Waals surface area (Å²) in [5.41, 5.74) is 3.90. The van der Waals surface area contributed by atoms with Crippen LogP contribution in [0.3, 0.4) is 0 Å². The third-order valence-electron chi connectivity index (χ3n) is 2.46. The average Bonchev–Trinajstić information content (AvgIpc) is 2.77. The van der Waals surface area contributed by atoms with E-state index in [4.69, 9.17) is 17.4 Å². The summed E-state index contributed by atoms with van der Waals surface area (Å²) < 4.78 is 15.6. The summed E-state index contributed by atoms with van der Waals surface area (Å²) in [6.45, 7) is 0. The molecule has 0 saturated heterocycles. The number of hydrogen-bond acceptors (Lipinski definition) is 3. The van der Waals surface area contributed by atoms with E-state index in [9.17, 15) is 4.39 Å². The van der Waals surface area contributed by atoms with Crippen LogP contribution in [-0.2, 0) is 0 Å². The van der Waals surface area contributed by atoms with Crippen LogP contribution >= 0.6 is 54.8 Å². The van der Waals surface area contributed by atoms with Crippen molar-refractivity contribution in [3.05, 3.63) is 53.8 Å². The third-order valence-corrected chi connectivity index (χ3v) is 5.25. The lowest BCUT2D eigenvalue weighted by Gasteiger charge is -2.17. The number of nitrogens with one attached hydrogen (secondary N) is 1. The maximum Gasteiger partial charge on any atom is 0.148 e. The minimum atomic E-state index is -0.476. The largest absolute Gasteiger partial charge is 0.271 e. The van der Waals surface area contributed by atoms with E-state index in [1.54, 1.807) is 12.1 Å². The SMILES string of the molecule is NNC(c1csc(Br)c1)c1ccc(Br)c(Cl)c1F. The predicted octanol–water partition coefficient (Wildman–Crippen LogP) is 4.62. The molecule has 1 aromatic carbocycles. The molecule has 1 atom stereocenters. The first kappa shape index (κ1) is 14.4. The molecule has 0 bridgehead atoms. The minimum Gasteiger partial charge on any atom is -0.271 e. The van der Waals surface area contributed by atoms with Gasteiger partial charge in [0.15, 0.2) is 0 Å². The molecule has 96 valence electrons. The molecule has 1 aromatic heterocycles. The van der Waals surface area contributed by atoms with Gasteiger partial charge in [0.05, 0.1) is 14.9 Å². The van der Waals surface area contributed by atoms with Crippen molar-refractivity contribution in [1.82, 2.24) is 5.43 Å². The molecule has 0 aliphatic carbocycles. The first-order valence-corrected chi connectivity index (χ1v) is 7.72. The van der Waals surface area contributed by atoms with E-state index >= 15 is 0 Å². The number of thiophene rings is 1. The van der Waals surface area contributed by atoms with E-state index < -0.39 is 11.9 Å². The summed E-state index contributed by atoms with van der Waals surface area (Å²) in [7, 11) is 0. The van der Waals surface area contributed by atoms with E-state index in [0.717, 1.165) is 9.35 Å². The van der Waals surface area contributed by atoms with Crippen LogP contribution in [0.5, 0.6) is 0 Å². The summed E-state index contributed by atoms with van der Waals surface area (Å²) >= 11 is 13.9. The van der Waals surface area contributed by atoms with Crippen molar-refractivity contribution < 1.29 is 4.39 Å². The molecule has 2 nitrogen and oxygen atoms in total. The molecule has 0 aliphatic rings. The number of nitrogens with two attached hydrogens (primary N) is 1. The molecule has 2 aromatic rings. The Morgan fingerprint density at radius 3 is 2.67 bits per heavy atom. The van der Waals surface area contributed by atoms with Crippen molar-refractivity contribution in [1.29, 1.82) is 0 Å². The number of benzene rings is 1. The number of halogens is 4. The van der Waals surface area contributed by atoms with Gasteiger partial charge in [0.1, 0.15) is 5.82 Å². The summed E-state index contributed by atoms with van der Waals surface area (Å²) in [4.78, 5) is 0. The number of hydrazine groups is 1. The van der Waals surface area contributed by atoms with Crippen LogP contribution in [0.25, 0.3) is 0 Å². The maximum atomic E-state index is 14.1. The second-order valence-electron chi connectivity index (χ2n) is 3.55. The smallest absolute Gasteiger partial charge is 0.148 e. The van der Waals surface area contributed by atoms with Gasteiger partial charge < -0.3 is 0 Å². The van der Waals surface area contributed by atoms with Gasteiger partial charge >= 0.3 is 0 Å². The number of hydrogen-bond donors (Lipinski definition) is 2. The zero-order chi connectivity index (χ0) is 13.3. The summed E-state index contributed by atoms with van der Waals surface area (Å²) in [5, 5.41) is 1.96. The first-order chi connectivity index (χ1) is 8.54. The van der Waals surface area contributed by atoms with Crippen LogP contribution in [0, 0.1) is 5.82 Å². The van der Waals surface area contributed by atoms with Gasteiger partial charge in [-0.1, -0.05) is 17.7 Å². The van der Waals surface area contributed by atoms with Crippen molar-refractivity contribution in [2.24, 2.45) is 5.84 Å². The van der Waals surface area contributed by atoms with Crippen LogP contribution in [0.1, 0.15) is 17.2 Å². The molecule has 2 rings (SSSR count). The van der Waals surface area contributed by atoms with Crippen LogP contribution in [-0.4, -0.2) is 0 Å². The van der Waals surface area contributed by atoms with Crippen LogP contribution in [0.4, 0.5) is 4.39 Å². The molecule has 0 amide bonds. The highest BCUT2D eigenvalue weighted by Gasteiger charge is 2.20. The molecule has 18 heavy (non-hydrogen) atoms. The summed E-state index contributed by atoms with van der Waals surface area (Å²) in [5.74, 6) is 5.05. The Bertz CT molecular complexity index is 576. The summed E-state index contributed by atoms with van der Waals surface area (Å²) in [6.07, 6.45) is 0. The Morgan fingerprint density at radius 1 is 1.39 bits per heavy atom. The van der Waals surface area contributed by atoms with Gasteiger partial charge in [0, 0.05) is 10.0 Å². The number of rotatable bonds is 3. The molecule has 1 heterocycles. The van der Waals surface area contributed by atoms with E-state index in [-0.39, 0.29) is 5.02 Å². The quantitative estimate of drug-likeness (QED) is 0.437. The predicted molar refractivity (Wildman–Crippen MR) is 80.3 cm³/mol. The Balaban J connectivity index is 2.49. The van der Waals surface area contributed by atoms with E-state index in [1.807, 2.05) is 11.4 Å². The normalized spacial score (nSPS) is 12.7. The lowest BCUT2D eigenvalue weighted by atomic mass is 10.0. The van der Waals surface area contributed by atoms with E-state index in [1.165, 1.54) is 11.3 Å². The first-order valence-electron chi connectivity index (χ1n) is 4.88. The fourth-order valence-electron chi connectivity index (χ4n) is 1.60. The average molecular weight is 415 g/mol. The fourth-order valence-corrected chi connectivity index (χ4v) is 3.28. The second kappa shape index (κ2) is 5.98. The van der Waals surface area contributed by atoms with Gasteiger partial charge in [0.2, 0.25) is 0 Å². The molecule has 7 heteroatoms. The molecule has 0 aliphatic heterocycles. The molecule has 0 fully saturated rings. The Kier molecular flexibility index (Phi) is 4.80. The highest BCUT2D eigenvalue weighted by molar-refractivity contribution is 9.11. The molecule has 0 saturated carbocycles.